The number of halogens is 1. The van der Waals surface area contributed by atoms with Gasteiger partial charge in [-0.15, -0.1) is 0 Å². The van der Waals surface area contributed by atoms with Crippen molar-refractivity contribution in [2.24, 2.45) is 0 Å². The number of nitrogens with zero attached hydrogens (tertiary/aromatic N) is 1. The van der Waals surface area contributed by atoms with Crippen LogP contribution in [0.2, 0.25) is 0 Å². The summed E-state index contributed by atoms with van der Waals surface area (Å²) in [4.78, 5) is -0.803. The molecule has 3 aliphatic heterocycles. The third kappa shape index (κ3) is 0.572. The molecular formula is C7H6ClNO2. The molecule has 0 saturated carbocycles. The molecule has 0 aromatic rings. The van der Waals surface area contributed by atoms with Crippen LogP contribution in [0.4, 0.5) is 0 Å². The average Bonchev–Trinajstić information content (AvgIpc) is 2.65. The van der Waals surface area contributed by atoms with Crippen molar-refractivity contribution in [2.45, 2.75) is 35.7 Å². The second-order valence-electron chi connectivity index (χ2n) is 3.34. The first kappa shape index (κ1) is 6.24. The lowest BCUT2D eigenvalue weighted by Crippen LogP contribution is -2.36. The summed E-state index contributed by atoms with van der Waals surface area (Å²) < 4.78 is 10.7. The molecule has 2 bridgehead atoms. The monoisotopic (exact) mass is 171 g/mol. The number of rotatable bonds is 0. The lowest BCUT2D eigenvalue weighted by Gasteiger charge is -2.17. The van der Waals surface area contributed by atoms with Crippen LogP contribution in [0.15, 0.2) is 0 Å². The maximum absolute atomic E-state index is 8.77. The van der Waals surface area contributed by atoms with Crippen LogP contribution in [0.5, 0.6) is 0 Å². The molecule has 5 atom stereocenters. The van der Waals surface area contributed by atoms with Crippen LogP contribution >= 0.6 is 11.6 Å². The van der Waals surface area contributed by atoms with Gasteiger partial charge in [0.2, 0.25) is 0 Å². The number of nitriles is 1. The molecule has 3 aliphatic rings. The van der Waals surface area contributed by atoms with E-state index in [1.807, 2.05) is 0 Å². The number of hydrogen-bond acceptors (Lipinski definition) is 3. The molecule has 0 aromatic heterocycles. The standard InChI is InChI=1S/C7H6ClNO2/c8-7(2-9)1-3-4-5(11-4)6(7)10-3/h3-6H,1H2/t3-,4-,5-,6-,7-/m1/s1. The Hall–Kier alpha value is -0.300. The molecule has 0 amide bonds. The fourth-order valence-corrected chi connectivity index (χ4v) is 2.40. The molecule has 11 heavy (non-hydrogen) atoms. The Morgan fingerprint density at radius 1 is 1.45 bits per heavy atom. The summed E-state index contributed by atoms with van der Waals surface area (Å²) in [5.41, 5.74) is 0. The molecule has 3 fully saturated rings. The van der Waals surface area contributed by atoms with Crippen molar-refractivity contribution in [3.8, 4) is 6.07 Å². The summed E-state index contributed by atoms with van der Waals surface area (Å²) in [5.74, 6) is 0. The molecule has 0 unspecified atom stereocenters. The molecule has 0 radical (unpaired) electrons. The SMILES string of the molecule is N#C[C@]1(Cl)C[C@H]2O[C@@H]1[C@@H]1O[C@@H]12. The Morgan fingerprint density at radius 2 is 2.27 bits per heavy atom. The zero-order valence-corrected chi connectivity index (χ0v) is 6.41. The van der Waals surface area contributed by atoms with E-state index < -0.39 is 4.87 Å². The van der Waals surface area contributed by atoms with Crippen LogP contribution in [0, 0.1) is 11.3 Å². The van der Waals surface area contributed by atoms with E-state index in [9.17, 15) is 0 Å². The van der Waals surface area contributed by atoms with Crippen LogP contribution in [-0.4, -0.2) is 29.3 Å². The normalized spacial score (nSPS) is 64.0. The van der Waals surface area contributed by atoms with Gasteiger partial charge >= 0.3 is 0 Å². The van der Waals surface area contributed by atoms with Crippen molar-refractivity contribution < 1.29 is 9.47 Å². The zero-order valence-electron chi connectivity index (χ0n) is 5.66. The fourth-order valence-electron chi connectivity index (χ4n) is 2.07. The molecule has 0 spiro atoms. The molecule has 3 rings (SSSR count). The van der Waals surface area contributed by atoms with Gasteiger partial charge in [-0.3, -0.25) is 0 Å². The van der Waals surface area contributed by atoms with Crippen molar-refractivity contribution in [1.82, 2.24) is 0 Å². The third-order valence-electron chi connectivity index (χ3n) is 2.68. The molecule has 3 nitrogen and oxygen atoms in total. The quantitative estimate of drug-likeness (QED) is 0.392. The van der Waals surface area contributed by atoms with Gasteiger partial charge in [-0.25, -0.2) is 0 Å². The molecule has 0 N–H and O–H groups in total. The zero-order chi connectivity index (χ0) is 7.64. The molecule has 3 heterocycles. The van der Waals surface area contributed by atoms with Gasteiger partial charge in [0.25, 0.3) is 0 Å². The first-order chi connectivity index (χ1) is 5.24. The van der Waals surface area contributed by atoms with Crippen LogP contribution < -0.4 is 0 Å². The Labute approximate surface area is 68.8 Å². The summed E-state index contributed by atoms with van der Waals surface area (Å²) >= 11 is 6.01. The highest BCUT2D eigenvalue weighted by molar-refractivity contribution is 6.26. The third-order valence-corrected chi connectivity index (χ3v) is 3.14. The van der Waals surface area contributed by atoms with E-state index in [1.165, 1.54) is 0 Å². The summed E-state index contributed by atoms with van der Waals surface area (Å²) in [5, 5.41) is 8.77. The number of epoxide rings is 1. The van der Waals surface area contributed by atoms with Gasteiger partial charge in [-0.1, -0.05) is 11.6 Å². The second kappa shape index (κ2) is 1.56. The maximum Gasteiger partial charge on any atom is 0.162 e. The van der Waals surface area contributed by atoms with Crippen molar-refractivity contribution in [2.75, 3.05) is 0 Å². The van der Waals surface area contributed by atoms with Crippen LogP contribution in [0.1, 0.15) is 6.42 Å². The summed E-state index contributed by atoms with van der Waals surface area (Å²) in [6.07, 6.45) is 0.897. The van der Waals surface area contributed by atoms with Crippen molar-refractivity contribution in [3.05, 3.63) is 0 Å². The van der Waals surface area contributed by atoms with Crippen molar-refractivity contribution in [3.63, 3.8) is 0 Å². The molecule has 4 heteroatoms. The van der Waals surface area contributed by atoms with E-state index in [4.69, 9.17) is 26.3 Å². The van der Waals surface area contributed by atoms with E-state index in [2.05, 4.69) is 6.07 Å². The predicted molar refractivity (Wildman–Crippen MR) is 36.1 cm³/mol. The van der Waals surface area contributed by atoms with Crippen molar-refractivity contribution in [1.29, 1.82) is 5.26 Å². The van der Waals surface area contributed by atoms with Gasteiger partial charge in [-0.2, -0.15) is 5.26 Å². The Balaban J connectivity index is 1.99. The lowest BCUT2D eigenvalue weighted by atomic mass is 9.90. The van der Waals surface area contributed by atoms with Gasteiger partial charge in [0.15, 0.2) is 4.87 Å². The van der Waals surface area contributed by atoms with E-state index in [-0.39, 0.29) is 24.4 Å². The smallest absolute Gasteiger partial charge is 0.162 e. The molecule has 0 aliphatic carbocycles. The van der Waals surface area contributed by atoms with E-state index in [0.29, 0.717) is 6.42 Å². The summed E-state index contributed by atoms with van der Waals surface area (Å²) in [7, 11) is 0. The second-order valence-corrected chi connectivity index (χ2v) is 4.01. The maximum atomic E-state index is 8.77. The minimum Gasteiger partial charge on any atom is -0.366 e. The fraction of sp³-hybridized carbons (Fsp3) is 0.857. The highest BCUT2D eigenvalue weighted by atomic mass is 35.5. The number of fused-ring (bicyclic) bond motifs is 5. The first-order valence-electron chi connectivity index (χ1n) is 3.66. The molecule has 58 valence electrons. The van der Waals surface area contributed by atoms with Crippen LogP contribution in [0.3, 0.4) is 0 Å². The Bertz CT molecular complexity index is 264. The predicted octanol–water partition coefficient (Wildman–Crippen LogP) is 0.426. The topological polar surface area (TPSA) is 45.5 Å². The molecule has 3 saturated heterocycles. The summed E-state index contributed by atoms with van der Waals surface area (Å²) in [6, 6.07) is 2.09. The largest absolute Gasteiger partial charge is 0.366 e. The summed E-state index contributed by atoms with van der Waals surface area (Å²) in [6.45, 7) is 0. The highest BCUT2D eigenvalue weighted by Crippen LogP contribution is 2.54. The van der Waals surface area contributed by atoms with Crippen LogP contribution in [-0.2, 0) is 9.47 Å². The van der Waals surface area contributed by atoms with E-state index in [0.717, 1.165) is 0 Å². The Morgan fingerprint density at radius 3 is 2.82 bits per heavy atom. The lowest BCUT2D eigenvalue weighted by molar-refractivity contribution is 0.0180. The first-order valence-corrected chi connectivity index (χ1v) is 4.03. The van der Waals surface area contributed by atoms with Gasteiger partial charge in [0, 0.05) is 6.42 Å². The van der Waals surface area contributed by atoms with Gasteiger partial charge in [-0.05, 0) is 0 Å². The molecular weight excluding hydrogens is 166 g/mol. The number of alkyl halides is 1. The van der Waals surface area contributed by atoms with Gasteiger partial charge in [0.1, 0.15) is 18.3 Å². The number of ether oxygens (including phenoxy) is 2. The van der Waals surface area contributed by atoms with Crippen molar-refractivity contribution >= 4 is 11.6 Å². The highest BCUT2D eigenvalue weighted by Gasteiger charge is 2.70. The van der Waals surface area contributed by atoms with E-state index >= 15 is 0 Å². The van der Waals surface area contributed by atoms with Gasteiger partial charge < -0.3 is 9.47 Å². The number of hydrogen-bond donors (Lipinski definition) is 0. The van der Waals surface area contributed by atoms with Crippen LogP contribution in [0.25, 0.3) is 0 Å². The van der Waals surface area contributed by atoms with Gasteiger partial charge in [0.05, 0.1) is 12.2 Å². The Kier molecular flexibility index (Phi) is 0.885. The minimum absolute atomic E-state index is 0.0853. The minimum atomic E-state index is -0.803. The molecule has 0 aromatic carbocycles. The van der Waals surface area contributed by atoms with E-state index in [1.54, 1.807) is 0 Å². The average molecular weight is 172 g/mol.